The van der Waals surface area contributed by atoms with E-state index in [2.05, 4.69) is 23.3 Å². The molecular weight excluding hydrogens is 341 g/mol. The smallest absolute Gasteiger partial charge is 0.173 e. The van der Waals surface area contributed by atoms with Crippen molar-refractivity contribution in [1.29, 1.82) is 0 Å². The summed E-state index contributed by atoms with van der Waals surface area (Å²) in [5.41, 5.74) is 2.26. The maximum atomic E-state index is 13.7. The summed E-state index contributed by atoms with van der Waals surface area (Å²) in [5.74, 6) is -0.246. The number of hydrogen-bond donors (Lipinski definition) is 1. The molecule has 0 aliphatic heterocycles. The summed E-state index contributed by atoms with van der Waals surface area (Å²) < 4.78 is 14.8. The van der Waals surface area contributed by atoms with Crippen LogP contribution in [0.15, 0.2) is 42.5 Å². The van der Waals surface area contributed by atoms with Crippen LogP contribution in [0, 0.1) is 12.7 Å². The Balaban J connectivity index is 1.75. The largest absolute Gasteiger partial charge is 0.343 e. The van der Waals surface area contributed by atoms with Crippen molar-refractivity contribution in [3.8, 4) is 0 Å². The van der Waals surface area contributed by atoms with Crippen molar-refractivity contribution in [2.45, 2.75) is 19.9 Å². The van der Waals surface area contributed by atoms with Crippen LogP contribution in [-0.2, 0) is 0 Å². The summed E-state index contributed by atoms with van der Waals surface area (Å²) in [4.78, 5) is 6.61. The highest BCUT2D eigenvalue weighted by Crippen LogP contribution is 2.29. The highest BCUT2D eigenvalue weighted by Gasteiger charge is 2.18. The summed E-state index contributed by atoms with van der Waals surface area (Å²) >= 11 is 7.12. The van der Waals surface area contributed by atoms with E-state index in [4.69, 9.17) is 12.2 Å². The van der Waals surface area contributed by atoms with Gasteiger partial charge >= 0.3 is 0 Å². The van der Waals surface area contributed by atoms with Crippen LogP contribution in [-0.4, -0.2) is 22.0 Å². The first-order valence-electron chi connectivity index (χ1n) is 7.61. The van der Waals surface area contributed by atoms with Gasteiger partial charge in [-0.25, -0.2) is 9.37 Å². The second-order valence-electron chi connectivity index (χ2n) is 5.70. The van der Waals surface area contributed by atoms with Crippen molar-refractivity contribution < 1.29 is 4.39 Å². The number of benzene rings is 2. The fraction of sp³-hybridized carbons (Fsp3) is 0.222. The zero-order chi connectivity index (χ0) is 17.3. The van der Waals surface area contributed by atoms with E-state index in [1.165, 1.54) is 6.07 Å². The van der Waals surface area contributed by atoms with Crippen LogP contribution >= 0.6 is 23.6 Å². The van der Waals surface area contributed by atoms with Crippen molar-refractivity contribution >= 4 is 44.6 Å². The molecule has 1 aromatic heterocycles. The summed E-state index contributed by atoms with van der Waals surface area (Å²) in [7, 11) is 1.91. The van der Waals surface area contributed by atoms with Crippen LogP contribution < -0.4 is 5.32 Å². The maximum Gasteiger partial charge on any atom is 0.173 e. The summed E-state index contributed by atoms with van der Waals surface area (Å²) in [6.07, 6.45) is 0. The molecule has 0 fully saturated rings. The number of hydrogen-bond acceptors (Lipinski definition) is 3. The molecule has 0 bridgehead atoms. The standard InChI is InChI=1S/C18H18FN3S2/c1-11-8-9-13(10-14(11)19)20-18(23)22(3)12(2)17-21-15-6-4-5-7-16(15)24-17/h4-10,12H,1-3H3,(H,20,23)/t12-/m0/s1. The molecule has 0 spiro atoms. The van der Waals surface area contributed by atoms with Crippen LogP contribution in [0.5, 0.6) is 0 Å². The van der Waals surface area contributed by atoms with E-state index >= 15 is 0 Å². The number of nitrogens with one attached hydrogen (secondary N) is 1. The molecular formula is C18H18FN3S2. The first-order chi connectivity index (χ1) is 11.5. The molecule has 0 amide bonds. The van der Waals surface area contributed by atoms with Crippen LogP contribution in [0.2, 0.25) is 0 Å². The number of fused-ring (bicyclic) bond motifs is 1. The normalized spacial score (nSPS) is 12.2. The molecule has 0 radical (unpaired) electrons. The number of thiocarbonyl (C=S) groups is 1. The Morgan fingerprint density at radius 1 is 1.29 bits per heavy atom. The van der Waals surface area contributed by atoms with Crippen LogP contribution in [0.4, 0.5) is 10.1 Å². The first kappa shape index (κ1) is 16.8. The number of rotatable bonds is 3. The third kappa shape index (κ3) is 3.39. The van der Waals surface area contributed by atoms with E-state index in [0.29, 0.717) is 16.4 Å². The second kappa shape index (κ2) is 6.83. The molecule has 0 saturated carbocycles. The van der Waals surface area contributed by atoms with E-state index in [0.717, 1.165) is 15.2 Å². The van der Waals surface area contributed by atoms with Crippen molar-refractivity contribution in [1.82, 2.24) is 9.88 Å². The van der Waals surface area contributed by atoms with E-state index in [9.17, 15) is 4.39 Å². The fourth-order valence-electron chi connectivity index (χ4n) is 2.29. The van der Waals surface area contributed by atoms with Gasteiger partial charge in [0.25, 0.3) is 0 Å². The number of halogens is 1. The van der Waals surface area contributed by atoms with Gasteiger partial charge in [0.05, 0.1) is 16.3 Å². The van der Waals surface area contributed by atoms with Crippen LogP contribution in [0.3, 0.4) is 0 Å². The van der Waals surface area contributed by atoms with Crippen LogP contribution in [0.25, 0.3) is 10.2 Å². The van der Waals surface area contributed by atoms with Gasteiger partial charge in [-0.15, -0.1) is 11.3 Å². The average Bonchev–Trinajstić information content (AvgIpc) is 3.01. The first-order valence-corrected chi connectivity index (χ1v) is 8.83. The molecule has 0 aliphatic rings. The quantitative estimate of drug-likeness (QED) is 0.656. The Bertz CT molecular complexity index is 858. The van der Waals surface area contributed by atoms with Crippen molar-refractivity contribution in [3.05, 3.63) is 58.9 Å². The molecule has 1 heterocycles. The summed E-state index contributed by atoms with van der Waals surface area (Å²) in [5, 5.41) is 4.62. The van der Waals surface area contributed by atoms with Crippen molar-refractivity contribution in [2.75, 3.05) is 12.4 Å². The van der Waals surface area contributed by atoms with Crippen molar-refractivity contribution in [3.63, 3.8) is 0 Å². The topological polar surface area (TPSA) is 28.2 Å². The Morgan fingerprint density at radius 2 is 2.04 bits per heavy atom. The predicted octanol–water partition coefficient (Wildman–Crippen LogP) is 5.13. The lowest BCUT2D eigenvalue weighted by Gasteiger charge is -2.26. The van der Waals surface area contributed by atoms with Gasteiger partial charge in [-0.3, -0.25) is 0 Å². The third-order valence-corrected chi connectivity index (χ3v) is 5.59. The molecule has 3 rings (SSSR count). The minimum atomic E-state index is -0.246. The van der Waals surface area contributed by atoms with Gasteiger partial charge in [0.2, 0.25) is 0 Å². The molecule has 0 saturated heterocycles. The summed E-state index contributed by atoms with van der Waals surface area (Å²) in [6, 6.07) is 13.1. The van der Waals surface area contributed by atoms with Gasteiger partial charge in [0, 0.05) is 12.7 Å². The monoisotopic (exact) mass is 359 g/mol. The van der Waals surface area contributed by atoms with Gasteiger partial charge in [0.15, 0.2) is 5.11 Å². The fourth-order valence-corrected chi connectivity index (χ4v) is 3.63. The molecule has 0 unspecified atom stereocenters. The number of aromatic nitrogens is 1. The molecule has 24 heavy (non-hydrogen) atoms. The number of para-hydroxylation sites is 1. The minimum Gasteiger partial charge on any atom is -0.343 e. The van der Waals surface area contributed by atoms with E-state index in [1.54, 1.807) is 24.3 Å². The number of thiazole rings is 1. The van der Waals surface area contributed by atoms with Gasteiger partial charge in [0.1, 0.15) is 10.8 Å². The van der Waals surface area contributed by atoms with Gasteiger partial charge < -0.3 is 10.2 Å². The Morgan fingerprint density at radius 3 is 2.75 bits per heavy atom. The lowest BCUT2D eigenvalue weighted by atomic mass is 10.2. The zero-order valence-electron chi connectivity index (χ0n) is 13.7. The zero-order valence-corrected chi connectivity index (χ0v) is 15.3. The minimum absolute atomic E-state index is 0.0256. The molecule has 6 heteroatoms. The highest BCUT2D eigenvalue weighted by atomic mass is 32.1. The molecule has 2 aromatic carbocycles. The SMILES string of the molecule is Cc1ccc(NC(=S)N(C)[C@@H](C)c2nc3ccccc3s2)cc1F. The lowest BCUT2D eigenvalue weighted by molar-refractivity contribution is 0.407. The number of anilines is 1. The highest BCUT2D eigenvalue weighted by molar-refractivity contribution is 7.80. The van der Waals surface area contributed by atoms with Gasteiger partial charge in [-0.05, 0) is 55.9 Å². The molecule has 124 valence electrons. The number of aryl methyl sites for hydroxylation is 1. The third-order valence-electron chi connectivity index (χ3n) is 3.99. The van der Waals surface area contributed by atoms with Gasteiger partial charge in [-0.2, -0.15) is 0 Å². The summed E-state index contributed by atoms with van der Waals surface area (Å²) in [6.45, 7) is 3.79. The second-order valence-corrected chi connectivity index (χ2v) is 7.15. The van der Waals surface area contributed by atoms with E-state index in [-0.39, 0.29) is 11.9 Å². The van der Waals surface area contributed by atoms with Crippen LogP contribution in [0.1, 0.15) is 23.5 Å². The lowest BCUT2D eigenvalue weighted by Crippen LogP contribution is -2.33. The Hall–Kier alpha value is -2.05. The molecule has 1 atom stereocenters. The maximum absolute atomic E-state index is 13.7. The molecule has 0 aliphatic carbocycles. The molecule has 3 nitrogen and oxygen atoms in total. The number of nitrogens with zero attached hydrogens (tertiary/aromatic N) is 2. The van der Waals surface area contributed by atoms with E-state index < -0.39 is 0 Å². The molecule has 1 N–H and O–H groups in total. The van der Waals surface area contributed by atoms with E-state index in [1.807, 2.05) is 36.2 Å². The molecule has 3 aromatic rings. The predicted molar refractivity (Wildman–Crippen MR) is 103 cm³/mol. The Labute approximate surface area is 150 Å². The van der Waals surface area contributed by atoms with Crippen molar-refractivity contribution in [2.24, 2.45) is 0 Å². The van der Waals surface area contributed by atoms with Gasteiger partial charge in [-0.1, -0.05) is 18.2 Å². The Kier molecular flexibility index (Phi) is 4.78. The average molecular weight is 359 g/mol.